The molecule has 0 fully saturated rings. The Hall–Kier alpha value is -2.08. The average Bonchev–Trinajstić information content (AvgIpc) is 2.32. The number of aromatic nitrogens is 1. The molecule has 3 nitrogen and oxygen atoms in total. The van der Waals surface area contributed by atoms with Crippen LogP contribution < -0.4 is 11.2 Å². The number of pyridine rings is 1. The van der Waals surface area contributed by atoms with E-state index >= 15 is 0 Å². The normalized spacial score (nSPS) is 10.5. The van der Waals surface area contributed by atoms with Gasteiger partial charge in [0.1, 0.15) is 16.6 Å². The van der Waals surface area contributed by atoms with Gasteiger partial charge in [0, 0.05) is 24.0 Å². The molecule has 2 aromatic rings. The van der Waals surface area contributed by atoms with Crippen molar-refractivity contribution >= 4 is 17.2 Å². The second kappa shape index (κ2) is 4.89. The molecule has 1 aromatic heterocycles. The fourth-order valence-corrected chi connectivity index (χ4v) is 1.90. The van der Waals surface area contributed by atoms with E-state index in [0.29, 0.717) is 5.69 Å². The molecule has 0 saturated heterocycles. The fraction of sp³-hybridized carbons (Fsp3) is 0.0769. The van der Waals surface area contributed by atoms with E-state index in [4.69, 9.17) is 18.0 Å². The van der Waals surface area contributed by atoms with E-state index in [9.17, 15) is 13.6 Å². The topological polar surface area (TPSA) is 48.0 Å². The number of aryl methyl sites for hydroxylation is 1. The summed E-state index contributed by atoms with van der Waals surface area (Å²) < 4.78 is 28.3. The van der Waals surface area contributed by atoms with Crippen LogP contribution >= 0.6 is 12.2 Å². The van der Waals surface area contributed by atoms with Crippen molar-refractivity contribution in [1.29, 1.82) is 0 Å². The smallest absolute Gasteiger partial charge is 0.192 e. The molecule has 0 saturated carbocycles. The van der Waals surface area contributed by atoms with Crippen molar-refractivity contribution in [3.05, 3.63) is 63.6 Å². The molecular formula is C13H10F2N2OS. The Morgan fingerprint density at radius 1 is 1.32 bits per heavy atom. The van der Waals surface area contributed by atoms with Crippen LogP contribution in [0.25, 0.3) is 5.69 Å². The lowest BCUT2D eigenvalue weighted by Gasteiger charge is -2.13. The van der Waals surface area contributed by atoms with Crippen LogP contribution in [0.4, 0.5) is 8.78 Å². The van der Waals surface area contributed by atoms with Crippen molar-refractivity contribution in [1.82, 2.24) is 4.57 Å². The standard InChI is InChI=1S/C13H10F2N2OS/c1-7-4-12(18)9(13(16)19)6-17(7)11-5-8(14)2-3-10(11)15/h2-6H,1H3,(H2,16,19). The maximum absolute atomic E-state index is 13.7. The van der Waals surface area contributed by atoms with Gasteiger partial charge in [-0.1, -0.05) is 12.2 Å². The summed E-state index contributed by atoms with van der Waals surface area (Å²) in [7, 11) is 0. The van der Waals surface area contributed by atoms with E-state index in [-0.39, 0.29) is 21.7 Å². The lowest BCUT2D eigenvalue weighted by molar-refractivity contribution is 0.591. The van der Waals surface area contributed by atoms with Crippen LogP contribution in [-0.4, -0.2) is 9.56 Å². The predicted octanol–water partition coefficient (Wildman–Crippen LogP) is 2.06. The molecule has 0 amide bonds. The fourth-order valence-electron chi connectivity index (χ4n) is 1.75. The molecular weight excluding hydrogens is 270 g/mol. The van der Waals surface area contributed by atoms with Crippen LogP contribution in [0.1, 0.15) is 11.3 Å². The molecule has 19 heavy (non-hydrogen) atoms. The van der Waals surface area contributed by atoms with E-state index in [2.05, 4.69) is 0 Å². The molecule has 0 spiro atoms. The Balaban J connectivity index is 2.75. The molecule has 1 aromatic carbocycles. The van der Waals surface area contributed by atoms with Gasteiger partial charge in [-0.3, -0.25) is 4.79 Å². The van der Waals surface area contributed by atoms with Crippen LogP contribution in [0.15, 0.2) is 35.3 Å². The Morgan fingerprint density at radius 2 is 2.00 bits per heavy atom. The molecule has 0 atom stereocenters. The van der Waals surface area contributed by atoms with Crippen molar-refractivity contribution < 1.29 is 8.78 Å². The highest BCUT2D eigenvalue weighted by Gasteiger charge is 2.11. The molecule has 0 bridgehead atoms. The highest BCUT2D eigenvalue weighted by Crippen LogP contribution is 2.16. The molecule has 1 heterocycles. The zero-order chi connectivity index (χ0) is 14.2. The number of nitrogens with zero attached hydrogens (tertiary/aromatic N) is 1. The first-order chi connectivity index (χ1) is 8.90. The van der Waals surface area contributed by atoms with Crippen molar-refractivity contribution in [2.24, 2.45) is 5.73 Å². The minimum Gasteiger partial charge on any atom is -0.389 e. The van der Waals surface area contributed by atoms with E-state index < -0.39 is 11.6 Å². The Morgan fingerprint density at radius 3 is 2.63 bits per heavy atom. The van der Waals surface area contributed by atoms with E-state index in [1.807, 2.05) is 0 Å². The van der Waals surface area contributed by atoms with Gasteiger partial charge >= 0.3 is 0 Å². The third-order valence-electron chi connectivity index (χ3n) is 2.68. The van der Waals surface area contributed by atoms with Gasteiger partial charge < -0.3 is 10.3 Å². The zero-order valence-electron chi connectivity index (χ0n) is 9.98. The maximum Gasteiger partial charge on any atom is 0.192 e. The number of nitrogens with two attached hydrogens (primary N) is 1. The first-order valence-electron chi connectivity index (χ1n) is 5.38. The molecule has 0 aliphatic rings. The summed E-state index contributed by atoms with van der Waals surface area (Å²) >= 11 is 4.76. The van der Waals surface area contributed by atoms with Gasteiger partial charge in [0.2, 0.25) is 0 Å². The first-order valence-corrected chi connectivity index (χ1v) is 5.79. The monoisotopic (exact) mass is 280 g/mol. The molecule has 2 N–H and O–H groups in total. The number of thiocarbonyl (C=S) groups is 1. The molecule has 0 unspecified atom stereocenters. The molecule has 0 aliphatic carbocycles. The van der Waals surface area contributed by atoms with E-state index in [1.54, 1.807) is 6.92 Å². The number of benzene rings is 1. The first kappa shape index (κ1) is 13.4. The second-order valence-corrected chi connectivity index (χ2v) is 4.46. The number of hydrogen-bond donors (Lipinski definition) is 1. The third-order valence-corrected chi connectivity index (χ3v) is 2.90. The Bertz CT molecular complexity index is 725. The largest absolute Gasteiger partial charge is 0.389 e. The zero-order valence-corrected chi connectivity index (χ0v) is 10.8. The summed E-state index contributed by atoms with van der Waals surface area (Å²) in [6.07, 6.45) is 1.32. The van der Waals surface area contributed by atoms with Gasteiger partial charge in [0.15, 0.2) is 5.43 Å². The number of halogens is 2. The molecule has 2 rings (SSSR count). The van der Waals surface area contributed by atoms with Gasteiger partial charge in [-0.25, -0.2) is 8.78 Å². The van der Waals surface area contributed by atoms with Crippen LogP contribution in [0.2, 0.25) is 0 Å². The summed E-state index contributed by atoms with van der Waals surface area (Å²) in [5, 5.41) is 0. The van der Waals surface area contributed by atoms with Crippen molar-refractivity contribution in [3.63, 3.8) is 0 Å². The summed E-state index contributed by atoms with van der Waals surface area (Å²) in [6.45, 7) is 1.61. The van der Waals surface area contributed by atoms with Gasteiger partial charge in [-0.15, -0.1) is 0 Å². The average molecular weight is 280 g/mol. The van der Waals surface area contributed by atoms with Crippen LogP contribution in [-0.2, 0) is 0 Å². The Kier molecular flexibility index (Phi) is 3.44. The van der Waals surface area contributed by atoms with Gasteiger partial charge in [0.05, 0.1) is 11.3 Å². The highest BCUT2D eigenvalue weighted by molar-refractivity contribution is 7.80. The van der Waals surface area contributed by atoms with Crippen molar-refractivity contribution in [2.45, 2.75) is 6.92 Å². The number of rotatable bonds is 2. The van der Waals surface area contributed by atoms with Crippen LogP contribution in [0, 0.1) is 18.6 Å². The maximum atomic E-state index is 13.7. The lowest BCUT2D eigenvalue weighted by atomic mass is 10.2. The van der Waals surface area contributed by atoms with Gasteiger partial charge in [-0.05, 0) is 19.1 Å². The summed E-state index contributed by atoms with van der Waals surface area (Å²) in [6, 6.07) is 4.35. The molecule has 6 heteroatoms. The number of hydrogen-bond acceptors (Lipinski definition) is 2. The van der Waals surface area contributed by atoms with Crippen LogP contribution in [0.5, 0.6) is 0 Å². The Labute approximate surface area is 113 Å². The van der Waals surface area contributed by atoms with Crippen molar-refractivity contribution in [3.8, 4) is 5.69 Å². The quantitative estimate of drug-likeness (QED) is 0.857. The molecule has 98 valence electrons. The molecule has 0 radical (unpaired) electrons. The van der Waals surface area contributed by atoms with Gasteiger partial charge in [0.25, 0.3) is 0 Å². The van der Waals surface area contributed by atoms with Crippen molar-refractivity contribution in [2.75, 3.05) is 0 Å². The predicted molar refractivity (Wildman–Crippen MR) is 72.6 cm³/mol. The van der Waals surface area contributed by atoms with Crippen LogP contribution in [0.3, 0.4) is 0 Å². The summed E-state index contributed by atoms with van der Waals surface area (Å²) in [5.41, 5.74) is 5.62. The summed E-state index contributed by atoms with van der Waals surface area (Å²) in [5.74, 6) is -1.19. The van der Waals surface area contributed by atoms with E-state index in [0.717, 1.165) is 18.2 Å². The lowest BCUT2D eigenvalue weighted by Crippen LogP contribution is -2.23. The minimum atomic E-state index is -0.609. The highest BCUT2D eigenvalue weighted by atomic mass is 32.1. The minimum absolute atomic E-state index is 0.00463. The van der Waals surface area contributed by atoms with Gasteiger partial charge in [-0.2, -0.15) is 0 Å². The second-order valence-electron chi connectivity index (χ2n) is 4.02. The van der Waals surface area contributed by atoms with E-state index in [1.165, 1.54) is 16.8 Å². The molecule has 0 aliphatic heterocycles. The third kappa shape index (κ3) is 2.53. The summed E-state index contributed by atoms with van der Waals surface area (Å²) in [4.78, 5) is 11.6. The SMILES string of the molecule is Cc1cc(=O)c(C(N)=S)cn1-c1cc(F)ccc1F.